The maximum atomic E-state index is 6.50. The number of hydrogen-bond acceptors (Lipinski definition) is 0. The SMILES string of the molecule is C1=CCC2CC[CH-]C2=C1.C[Si](C)(Cl)[C-]1CCC2CC=CC=C12.[Cl-].[Cl-].[Zr+4]. The van der Waals surface area contributed by atoms with Crippen LogP contribution in [0, 0.1) is 23.8 Å². The summed E-state index contributed by atoms with van der Waals surface area (Å²) in [5.41, 5.74) is 4.76. The van der Waals surface area contributed by atoms with Crippen LogP contribution in [0.15, 0.2) is 47.6 Å². The van der Waals surface area contributed by atoms with E-state index in [4.69, 9.17) is 11.1 Å². The molecule has 136 valence electrons. The summed E-state index contributed by atoms with van der Waals surface area (Å²) in [6, 6.07) is 0. The van der Waals surface area contributed by atoms with Gasteiger partial charge < -0.3 is 24.8 Å². The van der Waals surface area contributed by atoms with Crippen LogP contribution in [0.4, 0.5) is 0 Å². The average molecular weight is 493 g/mol. The molecule has 5 heteroatoms. The Labute approximate surface area is 191 Å². The zero-order valence-electron chi connectivity index (χ0n) is 15.1. The molecule has 4 aliphatic rings. The molecule has 2 atom stereocenters. The number of rotatable bonds is 1. The van der Waals surface area contributed by atoms with Gasteiger partial charge in [0.1, 0.15) is 0 Å². The summed E-state index contributed by atoms with van der Waals surface area (Å²) < 4.78 is 0. The molecular formula is C20H27Cl3SiZr. The Hall–Kier alpha value is 0.670. The van der Waals surface area contributed by atoms with Gasteiger partial charge in [-0.05, 0) is 24.7 Å². The molecule has 0 bridgehead atoms. The first kappa shape index (κ1) is 25.7. The standard InChI is InChI=1S/C11H16ClSi.C9H11.2ClH.Zr/c1-13(2,12)11-8-7-9-5-3-4-6-10(9)11;1-2-5-9-7-3-6-8(9)4-1;;;/h3-4,6,9H,5,7-8H2,1-2H3;1-2,4,6,9H,3,5,7H2;2*1H;/q2*-1;;;+4/p-2. The Morgan fingerprint density at radius 2 is 1.68 bits per heavy atom. The van der Waals surface area contributed by atoms with Crippen LogP contribution in [0.25, 0.3) is 0 Å². The molecule has 0 saturated heterocycles. The molecule has 0 aromatic rings. The van der Waals surface area contributed by atoms with Crippen molar-refractivity contribution in [3.63, 3.8) is 0 Å². The summed E-state index contributed by atoms with van der Waals surface area (Å²) in [6.45, 7) is 4.48. The van der Waals surface area contributed by atoms with Gasteiger partial charge in [0.2, 0.25) is 0 Å². The van der Waals surface area contributed by atoms with Crippen LogP contribution in [0.1, 0.15) is 38.5 Å². The Balaban J connectivity index is 0.000000430. The van der Waals surface area contributed by atoms with E-state index >= 15 is 0 Å². The van der Waals surface area contributed by atoms with E-state index in [-0.39, 0.29) is 51.0 Å². The molecule has 2 saturated carbocycles. The molecule has 0 N–H and O–H groups in total. The van der Waals surface area contributed by atoms with Crippen molar-refractivity contribution >= 4 is 18.5 Å². The molecular weight excluding hydrogens is 466 g/mol. The minimum Gasteiger partial charge on any atom is -1.00 e. The number of hydrogen-bond donors (Lipinski definition) is 0. The van der Waals surface area contributed by atoms with Crippen molar-refractivity contribution in [2.45, 2.75) is 51.6 Å². The first-order chi connectivity index (χ1) is 10.6. The normalized spacial score (nSPS) is 25.5. The van der Waals surface area contributed by atoms with Gasteiger partial charge in [0.05, 0.1) is 7.38 Å². The molecule has 4 aliphatic carbocycles. The van der Waals surface area contributed by atoms with Crippen molar-refractivity contribution in [3.05, 3.63) is 59.6 Å². The quantitative estimate of drug-likeness (QED) is 0.281. The predicted molar refractivity (Wildman–Crippen MR) is 100 cm³/mol. The van der Waals surface area contributed by atoms with Gasteiger partial charge in [-0.1, -0.05) is 32.4 Å². The molecule has 0 aromatic heterocycles. The predicted octanol–water partition coefficient (Wildman–Crippen LogP) is 0.333. The second-order valence-corrected chi connectivity index (χ2v) is 13.7. The van der Waals surface area contributed by atoms with Gasteiger partial charge in [0.15, 0.2) is 0 Å². The van der Waals surface area contributed by atoms with Crippen molar-refractivity contribution in [3.8, 4) is 0 Å². The van der Waals surface area contributed by atoms with Crippen LogP contribution < -0.4 is 24.8 Å². The number of halogens is 3. The van der Waals surface area contributed by atoms with Gasteiger partial charge in [-0.3, -0.25) is 0 Å². The minimum absolute atomic E-state index is 0. The molecule has 0 spiro atoms. The Morgan fingerprint density at radius 1 is 1.04 bits per heavy atom. The first-order valence-electron chi connectivity index (χ1n) is 8.68. The smallest absolute Gasteiger partial charge is 1.00 e. The number of allylic oxidation sites excluding steroid dienone is 8. The van der Waals surface area contributed by atoms with Crippen LogP contribution in [-0.4, -0.2) is 7.38 Å². The van der Waals surface area contributed by atoms with Crippen LogP contribution in [0.3, 0.4) is 0 Å². The molecule has 0 aromatic carbocycles. The molecule has 0 radical (unpaired) electrons. The van der Waals surface area contributed by atoms with Crippen molar-refractivity contribution < 1.29 is 51.0 Å². The summed E-state index contributed by atoms with van der Waals surface area (Å²) in [5, 5.41) is 0. The zero-order chi connectivity index (χ0) is 15.6. The van der Waals surface area contributed by atoms with Gasteiger partial charge in [-0.25, -0.2) is 35.3 Å². The summed E-state index contributed by atoms with van der Waals surface area (Å²) in [5.74, 6) is 1.68. The van der Waals surface area contributed by atoms with Gasteiger partial charge in [-0.15, -0.1) is 30.7 Å². The van der Waals surface area contributed by atoms with Gasteiger partial charge >= 0.3 is 26.2 Å². The Bertz CT molecular complexity index is 532. The van der Waals surface area contributed by atoms with E-state index in [1.165, 1.54) is 38.5 Å². The molecule has 0 heterocycles. The average Bonchev–Trinajstić information content (AvgIpc) is 3.14. The molecule has 4 rings (SSSR count). The fourth-order valence-electron chi connectivity index (χ4n) is 4.07. The molecule has 0 nitrogen and oxygen atoms in total. The molecule has 2 fully saturated rings. The fourth-order valence-corrected chi connectivity index (χ4v) is 6.39. The Kier molecular flexibility index (Phi) is 11.8. The molecule has 25 heavy (non-hydrogen) atoms. The largest absolute Gasteiger partial charge is 4.00 e. The maximum Gasteiger partial charge on any atom is 4.00 e. The Morgan fingerprint density at radius 3 is 2.32 bits per heavy atom. The van der Waals surface area contributed by atoms with E-state index in [2.05, 4.69) is 56.0 Å². The van der Waals surface area contributed by atoms with Crippen LogP contribution in [-0.2, 0) is 26.2 Å². The van der Waals surface area contributed by atoms with E-state index < -0.39 is 7.38 Å². The van der Waals surface area contributed by atoms with E-state index in [1.807, 2.05) is 0 Å². The first-order valence-corrected chi connectivity index (χ1v) is 12.7. The van der Waals surface area contributed by atoms with Gasteiger partial charge in [-0.2, -0.15) is 11.1 Å². The van der Waals surface area contributed by atoms with E-state index in [0.29, 0.717) is 0 Å². The topological polar surface area (TPSA) is 0 Å². The van der Waals surface area contributed by atoms with E-state index in [1.54, 1.807) is 16.7 Å². The van der Waals surface area contributed by atoms with Crippen LogP contribution >= 0.6 is 11.1 Å². The summed E-state index contributed by atoms with van der Waals surface area (Å²) >= 11 is 6.50. The fraction of sp³-hybridized carbons (Fsp3) is 0.500. The maximum absolute atomic E-state index is 6.50. The third kappa shape index (κ3) is 6.65. The summed E-state index contributed by atoms with van der Waals surface area (Å²) in [4.78, 5) is 0. The van der Waals surface area contributed by atoms with Crippen LogP contribution in [0.2, 0.25) is 13.1 Å². The molecule has 0 aliphatic heterocycles. The third-order valence-electron chi connectivity index (χ3n) is 5.29. The second-order valence-electron chi connectivity index (χ2n) is 7.28. The van der Waals surface area contributed by atoms with E-state index in [0.717, 1.165) is 11.8 Å². The van der Waals surface area contributed by atoms with E-state index in [9.17, 15) is 0 Å². The number of fused-ring (bicyclic) bond motifs is 2. The summed E-state index contributed by atoms with van der Waals surface area (Å²) in [7, 11) is -1.55. The van der Waals surface area contributed by atoms with Crippen molar-refractivity contribution in [2.75, 3.05) is 0 Å². The van der Waals surface area contributed by atoms with Crippen molar-refractivity contribution in [1.29, 1.82) is 0 Å². The van der Waals surface area contributed by atoms with Gasteiger partial charge in [0, 0.05) is 0 Å². The molecule has 2 unspecified atom stereocenters. The second kappa shape index (κ2) is 11.5. The summed E-state index contributed by atoms with van der Waals surface area (Å²) in [6.07, 6.45) is 23.6. The van der Waals surface area contributed by atoms with Crippen LogP contribution in [0.5, 0.6) is 0 Å². The van der Waals surface area contributed by atoms with Gasteiger partial charge in [0.25, 0.3) is 0 Å². The molecule has 0 amide bonds. The van der Waals surface area contributed by atoms with Crippen molar-refractivity contribution in [1.82, 2.24) is 0 Å². The monoisotopic (exact) mass is 490 g/mol. The third-order valence-corrected chi connectivity index (χ3v) is 7.95. The van der Waals surface area contributed by atoms with Crippen molar-refractivity contribution in [2.24, 2.45) is 11.8 Å². The minimum atomic E-state index is -1.55. The zero-order valence-corrected chi connectivity index (χ0v) is 20.8.